The molecular formula is C14H20N2OS. The van der Waals surface area contributed by atoms with Crippen LogP contribution in [0.4, 0.5) is 5.69 Å². The SMILES string of the molecule is O=C(CNc1ccccc1)NCC1CCSCC1. The van der Waals surface area contributed by atoms with Gasteiger partial charge in [-0.1, -0.05) is 18.2 Å². The summed E-state index contributed by atoms with van der Waals surface area (Å²) in [5.41, 5.74) is 0.988. The summed E-state index contributed by atoms with van der Waals surface area (Å²) in [4.78, 5) is 11.7. The Kier molecular flexibility index (Phi) is 5.39. The van der Waals surface area contributed by atoms with Crippen LogP contribution in [-0.4, -0.2) is 30.5 Å². The van der Waals surface area contributed by atoms with Crippen LogP contribution in [-0.2, 0) is 4.79 Å². The second-order valence-corrected chi connectivity index (χ2v) is 5.80. The zero-order valence-corrected chi connectivity index (χ0v) is 11.3. The van der Waals surface area contributed by atoms with Crippen molar-refractivity contribution in [3.05, 3.63) is 30.3 Å². The Morgan fingerprint density at radius 3 is 2.67 bits per heavy atom. The molecule has 1 saturated heterocycles. The molecule has 1 aromatic rings. The molecule has 0 bridgehead atoms. The van der Waals surface area contributed by atoms with E-state index in [1.807, 2.05) is 42.1 Å². The number of carbonyl (C=O) groups excluding carboxylic acids is 1. The van der Waals surface area contributed by atoms with E-state index >= 15 is 0 Å². The lowest BCUT2D eigenvalue weighted by Crippen LogP contribution is -2.34. The largest absolute Gasteiger partial charge is 0.376 e. The van der Waals surface area contributed by atoms with Gasteiger partial charge in [0.2, 0.25) is 5.91 Å². The lowest BCUT2D eigenvalue weighted by Gasteiger charge is -2.21. The number of thioether (sulfide) groups is 1. The highest BCUT2D eigenvalue weighted by Crippen LogP contribution is 2.21. The molecule has 0 spiro atoms. The van der Waals surface area contributed by atoms with Crippen LogP contribution in [0.5, 0.6) is 0 Å². The molecule has 0 aliphatic carbocycles. The van der Waals surface area contributed by atoms with Crippen LogP contribution in [0.2, 0.25) is 0 Å². The van der Waals surface area contributed by atoms with Crippen molar-refractivity contribution in [2.45, 2.75) is 12.8 Å². The van der Waals surface area contributed by atoms with Crippen molar-refractivity contribution in [3.8, 4) is 0 Å². The standard InChI is InChI=1S/C14H20N2OS/c17-14(11-15-13-4-2-1-3-5-13)16-10-12-6-8-18-9-7-12/h1-5,12,15H,6-11H2,(H,16,17). The molecule has 98 valence electrons. The molecule has 1 fully saturated rings. The molecule has 0 atom stereocenters. The molecule has 2 rings (SSSR count). The molecule has 1 aromatic carbocycles. The van der Waals surface area contributed by atoms with Gasteiger partial charge in [-0.05, 0) is 42.4 Å². The number of nitrogens with one attached hydrogen (secondary N) is 2. The first-order valence-corrected chi connectivity index (χ1v) is 7.63. The summed E-state index contributed by atoms with van der Waals surface area (Å²) in [6.07, 6.45) is 2.47. The summed E-state index contributed by atoms with van der Waals surface area (Å²) >= 11 is 2.02. The highest BCUT2D eigenvalue weighted by Gasteiger charge is 2.14. The monoisotopic (exact) mass is 264 g/mol. The molecule has 2 N–H and O–H groups in total. The Balaban J connectivity index is 1.63. The summed E-state index contributed by atoms with van der Waals surface area (Å²) in [5.74, 6) is 3.23. The van der Waals surface area contributed by atoms with Gasteiger partial charge in [0.15, 0.2) is 0 Å². The Labute approximate surface area is 113 Å². The van der Waals surface area contributed by atoms with Gasteiger partial charge in [-0.25, -0.2) is 0 Å². The summed E-state index contributed by atoms with van der Waals surface area (Å²) in [6.45, 7) is 1.18. The van der Waals surface area contributed by atoms with E-state index in [1.54, 1.807) is 0 Å². The third kappa shape index (κ3) is 4.61. The molecule has 1 heterocycles. The Morgan fingerprint density at radius 2 is 1.94 bits per heavy atom. The normalized spacial score (nSPS) is 16.2. The van der Waals surface area contributed by atoms with Gasteiger partial charge in [0.05, 0.1) is 6.54 Å². The maximum absolute atomic E-state index is 11.7. The van der Waals surface area contributed by atoms with Crippen LogP contribution < -0.4 is 10.6 Å². The van der Waals surface area contributed by atoms with Gasteiger partial charge in [-0.2, -0.15) is 11.8 Å². The first-order valence-electron chi connectivity index (χ1n) is 6.48. The predicted molar refractivity (Wildman–Crippen MR) is 78.0 cm³/mol. The molecule has 1 aliphatic heterocycles. The fourth-order valence-electron chi connectivity index (χ4n) is 2.01. The number of rotatable bonds is 5. The number of carbonyl (C=O) groups is 1. The molecule has 0 unspecified atom stereocenters. The minimum atomic E-state index is 0.0806. The molecule has 0 saturated carbocycles. The summed E-state index contributed by atoms with van der Waals surface area (Å²) in [5, 5.41) is 6.13. The summed E-state index contributed by atoms with van der Waals surface area (Å²) in [7, 11) is 0. The highest BCUT2D eigenvalue weighted by atomic mass is 32.2. The third-order valence-electron chi connectivity index (χ3n) is 3.16. The van der Waals surface area contributed by atoms with Gasteiger partial charge in [0.25, 0.3) is 0 Å². The first-order chi connectivity index (χ1) is 8.84. The zero-order valence-electron chi connectivity index (χ0n) is 10.5. The minimum Gasteiger partial charge on any atom is -0.376 e. The Hall–Kier alpha value is -1.16. The van der Waals surface area contributed by atoms with E-state index in [1.165, 1.54) is 24.3 Å². The predicted octanol–water partition coefficient (Wildman–Crippen LogP) is 2.36. The van der Waals surface area contributed by atoms with Crippen LogP contribution in [0.3, 0.4) is 0 Å². The summed E-state index contributed by atoms with van der Waals surface area (Å²) in [6, 6.07) is 9.81. The van der Waals surface area contributed by atoms with Crippen molar-refractivity contribution in [3.63, 3.8) is 0 Å². The lowest BCUT2D eigenvalue weighted by molar-refractivity contribution is -0.119. The van der Waals surface area contributed by atoms with Gasteiger partial charge in [0, 0.05) is 12.2 Å². The molecule has 3 nitrogen and oxygen atoms in total. The quantitative estimate of drug-likeness (QED) is 0.858. The topological polar surface area (TPSA) is 41.1 Å². The molecule has 1 aliphatic rings. The highest BCUT2D eigenvalue weighted by molar-refractivity contribution is 7.99. The van der Waals surface area contributed by atoms with E-state index in [-0.39, 0.29) is 5.91 Å². The Morgan fingerprint density at radius 1 is 1.22 bits per heavy atom. The van der Waals surface area contributed by atoms with E-state index in [0.717, 1.165) is 12.2 Å². The van der Waals surface area contributed by atoms with Crippen LogP contribution >= 0.6 is 11.8 Å². The molecule has 4 heteroatoms. The fraction of sp³-hybridized carbons (Fsp3) is 0.500. The van der Waals surface area contributed by atoms with E-state index in [4.69, 9.17) is 0 Å². The van der Waals surface area contributed by atoms with Crippen molar-refractivity contribution in [1.82, 2.24) is 5.32 Å². The fourth-order valence-corrected chi connectivity index (χ4v) is 3.21. The molecule has 1 amide bonds. The van der Waals surface area contributed by atoms with E-state index in [9.17, 15) is 4.79 Å². The Bertz CT molecular complexity index is 363. The second-order valence-electron chi connectivity index (χ2n) is 4.58. The molecule has 0 aromatic heterocycles. The number of anilines is 1. The van der Waals surface area contributed by atoms with Crippen molar-refractivity contribution >= 4 is 23.4 Å². The number of hydrogen-bond acceptors (Lipinski definition) is 3. The van der Waals surface area contributed by atoms with Gasteiger partial charge >= 0.3 is 0 Å². The van der Waals surface area contributed by atoms with Crippen LogP contribution in [0.25, 0.3) is 0 Å². The maximum atomic E-state index is 11.7. The van der Waals surface area contributed by atoms with Crippen molar-refractivity contribution in [2.75, 3.05) is 29.9 Å². The average Bonchev–Trinajstić information content (AvgIpc) is 2.45. The number of amides is 1. The van der Waals surface area contributed by atoms with Gasteiger partial charge in [-0.15, -0.1) is 0 Å². The molecule has 0 radical (unpaired) electrons. The number of para-hydroxylation sites is 1. The second kappa shape index (κ2) is 7.31. The van der Waals surface area contributed by atoms with E-state index in [2.05, 4.69) is 10.6 Å². The number of benzene rings is 1. The van der Waals surface area contributed by atoms with E-state index < -0.39 is 0 Å². The van der Waals surface area contributed by atoms with Gasteiger partial charge < -0.3 is 10.6 Å². The first kappa shape index (κ1) is 13.3. The number of hydrogen-bond donors (Lipinski definition) is 2. The van der Waals surface area contributed by atoms with Crippen molar-refractivity contribution in [2.24, 2.45) is 5.92 Å². The minimum absolute atomic E-state index is 0.0806. The summed E-state index contributed by atoms with van der Waals surface area (Å²) < 4.78 is 0. The third-order valence-corrected chi connectivity index (χ3v) is 4.20. The molecule has 18 heavy (non-hydrogen) atoms. The smallest absolute Gasteiger partial charge is 0.239 e. The zero-order chi connectivity index (χ0) is 12.6. The van der Waals surface area contributed by atoms with Gasteiger partial charge in [0.1, 0.15) is 0 Å². The molecular weight excluding hydrogens is 244 g/mol. The average molecular weight is 264 g/mol. The van der Waals surface area contributed by atoms with Crippen LogP contribution in [0.15, 0.2) is 30.3 Å². The lowest BCUT2D eigenvalue weighted by atomic mass is 10.0. The van der Waals surface area contributed by atoms with Crippen LogP contribution in [0, 0.1) is 5.92 Å². The van der Waals surface area contributed by atoms with Gasteiger partial charge in [-0.3, -0.25) is 4.79 Å². The van der Waals surface area contributed by atoms with Crippen LogP contribution in [0.1, 0.15) is 12.8 Å². The maximum Gasteiger partial charge on any atom is 0.239 e. The van der Waals surface area contributed by atoms with Crippen molar-refractivity contribution < 1.29 is 4.79 Å². The van der Waals surface area contributed by atoms with Crippen molar-refractivity contribution in [1.29, 1.82) is 0 Å². The van der Waals surface area contributed by atoms with E-state index in [0.29, 0.717) is 12.5 Å².